The topological polar surface area (TPSA) is 130 Å². The lowest BCUT2D eigenvalue weighted by Gasteiger charge is -2.32. The molecule has 0 amide bonds. The molecule has 9 heteroatoms. The average Bonchev–Trinajstić information content (AvgIpc) is 3.79. The van der Waals surface area contributed by atoms with Gasteiger partial charge >= 0.3 is 0 Å². The Kier molecular flexibility index (Phi) is 12.5. The first-order chi connectivity index (χ1) is 26.8. The van der Waals surface area contributed by atoms with Gasteiger partial charge in [0.05, 0.1) is 30.4 Å². The number of ketones is 1. The average molecular weight is 739 g/mol. The second kappa shape index (κ2) is 18.0. The second-order valence-electron chi connectivity index (χ2n) is 14.8. The number of fused-ring (bicyclic) bond motifs is 5. The van der Waals surface area contributed by atoms with E-state index in [1.54, 1.807) is 0 Å². The number of allylic oxidation sites excluding steroid dienone is 1. The van der Waals surface area contributed by atoms with Crippen molar-refractivity contribution < 1.29 is 24.5 Å². The van der Waals surface area contributed by atoms with Crippen LogP contribution in [-0.4, -0.2) is 52.0 Å². The van der Waals surface area contributed by atoms with Gasteiger partial charge in [0.25, 0.3) is 0 Å². The number of nitrogens with two attached hydrogens (primary N) is 1. The highest BCUT2D eigenvalue weighted by molar-refractivity contribution is 6.09. The maximum atomic E-state index is 12.7. The first kappa shape index (κ1) is 38.1. The predicted octanol–water partition coefficient (Wildman–Crippen LogP) is 6.20. The fourth-order valence-corrected chi connectivity index (χ4v) is 7.54. The molecule has 4 aliphatic rings. The Morgan fingerprint density at radius 2 is 1.93 bits per heavy atom. The van der Waals surface area contributed by atoms with Gasteiger partial charge in [-0.3, -0.25) is 15.1 Å². The van der Waals surface area contributed by atoms with Gasteiger partial charge in [0.2, 0.25) is 0 Å². The first-order valence-corrected chi connectivity index (χ1v) is 19.6. The number of rotatable bonds is 14. The molecule has 4 heterocycles. The molecule has 5 atom stereocenters. The van der Waals surface area contributed by atoms with Crippen LogP contribution in [0.3, 0.4) is 0 Å². The summed E-state index contributed by atoms with van der Waals surface area (Å²) in [6.07, 6.45) is 10.8. The van der Waals surface area contributed by atoms with Crippen molar-refractivity contribution in [2.45, 2.75) is 95.7 Å². The van der Waals surface area contributed by atoms with Crippen LogP contribution in [0.15, 0.2) is 95.3 Å². The minimum atomic E-state index is -1.05. The molecule has 284 valence electrons. The number of benzene rings is 3. The van der Waals surface area contributed by atoms with Gasteiger partial charge in [0.1, 0.15) is 18.0 Å². The summed E-state index contributed by atoms with van der Waals surface area (Å²) >= 11 is 0. The standard InChI is InChI=1S/C46H50N4O5/c1-2-3-5-12-37(51)27-38(52)17-13-32-14-20-43-44(24-32)55-46-33(11-8-23-54-43)16-19-42(53)39-18-15-34(45(47)48-22-21-31-9-6-4-7-10-31)25-35(39)26-36-28-49-41-30-50(46)29-40(36)41/h4,6-7,9-10,14-15,18,20,24-25,28-29,33,37,42,45-46,48,51,53H,2-3,5,11-13,17,21-22,26-27,30,47H2,1H3/t33-,37+,42+,45+,46-/m0/s1. The number of carbonyl (C=O) groups excluding carboxylic acids is 1. The molecule has 3 aromatic rings. The Labute approximate surface area is 324 Å². The highest BCUT2D eigenvalue weighted by Crippen LogP contribution is 2.37. The normalized spacial score (nSPS) is 20.5. The molecule has 0 fully saturated rings. The summed E-state index contributed by atoms with van der Waals surface area (Å²) in [6.45, 7) is 3.38. The number of hydrogen-bond donors (Lipinski definition) is 4. The van der Waals surface area contributed by atoms with E-state index in [1.165, 1.54) is 5.56 Å². The minimum absolute atomic E-state index is 0.0415. The summed E-state index contributed by atoms with van der Waals surface area (Å²) < 4.78 is 12.7. The smallest absolute Gasteiger partial charge is 0.187 e. The fraction of sp³-hybridized carbons (Fsp3) is 0.391. The molecule has 5 N–H and O–H groups in total. The van der Waals surface area contributed by atoms with Gasteiger partial charge in [-0.25, -0.2) is 0 Å². The van der Waals surface area contributed by atoms with Crippen molar-refractivity contribution in [3.8, 4) is 35.4 Å². The zero-order valence-electron chi connectivity index (χ0n) is 31.5. The summed E-state index contributed by atoms with van der Waals surface area (Å²) in [5.74, 6) is 10.2. The zero-order valence-corrected chi connectivity index (χ0v) is 31.5. The zero-order chi connectivity index (χ0) is 38.1. The van der Waals surface area contributed by atoms with Gasteiger partial charge in [-0.2, -0.15) is 0 Å². The summed E-state index contributed by atoms with van der Waals surface area (Å²) in [6, 6.07) is 21.9. The molecule has 0 aromatic heterocycles. The number of carbonyl (C=O) groups is 1. The highest BCUT2D eigenvalue weighted by atomic mass is 16.5. The summed E-state index contributed by atoms with van der Waals surface area (Å²) in [5, 5.41) is 25.4. The quantitative estimate of drug-likeness (QED) is 0.0874. The molecule has 0 spiro atoms. The first-order valence-electron chi connectivity index (χ1n) is 19.6. The number of nitrogens with one attached hydrogen (secondary N) is 1. The van der Waals surface area contributed by atoms with E-state index < -0.39 is 24.4 Å². The van der Waals surface area contributed by atoms with Crippen molar-refractivity contribution in [2.24, 2.45) is 16.6 Å². The largest absolute Gasteiger partial charge is 0.465 e. The molecule has 2 bridgehead atoms. The number of aryl methyl sites for hydroxylation is 1. The van der Waals surface area contributed by atoms with Crippen molar-refractivity contribution >= 4 is 11.5 Å². The molecule has 55 heavy (non-hydrogen) atoms. The molecule has 3 aromatic carbocycles. The molecule has 4 aliphatic heterocycles. The summed E-state index contributed by atoms with van der Waals surface area (Å²) in [4.78, 5) is 19.7. The molecule has 0 aliphatic carbocycles. The maximum Gasteiger partial charge on any atom is 0.187 e. The van der Waals surface area contributed by atoms with Crippen LogP contribution in [0.2, 0.25) is 0 Å². The van der Waals surface area contributed by atoms with Crippen LogP contribution in [-0.2, 0) is 24.1 Å². The number of unbranched alkanes of at least 4 members (excludes halogenated alkanes) is 2. The summed E-state index contributed by atoms with van der Waals surface area (Å²) in [7, 11) is 0. The van der Waals surface area contributed by atoms with Gasteiger partial charge in [0.15, 0.2) is 17.7 Å². The van der Waals surface area contributed by atoms with Crippen molar-refractivity contribution in [3.63, 3.8) is 0 Å². The molecule has 0 saturated carbocycles. The molecular formula is C46H50N4O5. The monoisotopic (exact) mass is 738 g/mol. The van der Waals surface area contributed by atoms with Crippen LogP contribution in [0.1, 0.15) is 92.0 Å². The maximum absolute atomic E-state index is 12.7. The van der Waals surface area contributed by atoms with Crippen LogP contribution in [0.4, 0.5) is 0 Å². The third-order valence-corrected chi connectivity index (χ3v) is 10.7. The predicted molar refractivity (Wildman–Crippen MR) is 214 cm³/mol. The molecule has 0 radical (unpaired) electrons. The van der Waals surface area contributed by atoms with E-state index in [4.69, 9.17) is 20.2 Å². The third-order valence-electron chi connectivity index (χ3n) is 10.7. The van der Waals surface area contributed by atoms with Gasteiger partial charge in [0, 0.05) is 50.2 Å². The lowest BCUT2D eigenvalue weighted by Crippen LogP contribution is -2.41. The van der Waals surface area contributed by atoms with Gasteiger partial charge in [-0.15, -0.1) is 0 Å². The fourth-order valence-electron chi connectivity index (χ4n) is 7.54. The summed E-state index contributed by atoms with van der Waals surface area (Å²) in [5.41, 5.74) is 14.5. The van der Waals surface area contributed by atoms with Crippen LogP contribution < -0.4 is 20.5 Å². The Morgan fingerprint density at radius 3 is 2.78 bits per heavy atom. The van der Waals surface area contributed by atoms with E-state index in [0.29, 0.717) is 50.1 Å². The minimum Gasteiger partial charge on any atom is -0.465 e. The van der Waals surface area contributed by atoms with E-state index in [2.05, 4.69) is 65.4 Å². The van der Waals surface area contributed by atoms with E-state index in [1.807, 2.05) is 54.7 Å². The number of nitrogens with zero attached hydrogens (tertiary/aromatic N) is 2. The Balaban J connectivity index is 1.11. The van der Waals surface area contributed by atoms with Crippen molar-refractivity contribution in [2.75, 3.05) is 13.1 Å². The third kappa shape index (κ3) is 9.57. The highest BCUT2D eigenvalue weighted by Gasteiger charge is 2.36. The molecule has 0 unspecified atom stereocenters. The van der Waals surface area contributed by atoms with Crippen molar-refractivity contribution in [3.05, 3.63) is 118 Å². The number of aliphatic imine (C=N–C) groups is 1. The van der Waals surface area contributed by atoms with E-state index in [-0.39, 0.29) is 18.4 Å². The lowest BCUT2D eigenvalue weighted by atomic mass is 9.91. The van der Waals surface area contributed by atoms with Crippen LogP contribution >= 0.6 is 0 Å². The van der Waals surface area contributed by atoms with E-state index in [0.717, 1.165) is 71.3 Å². The number of hydrogen-bond acceptors (Lipinski definition) is 9. The second-order valence-corrected chi connectivity index (χ2v) is 14.8. The Bertz CT molecular complexity index is 2090. The van der Waals surface area contributed by atoms with Crippen LogP contribution in [0, 0.1) is 29.8 Å². The van der Waals surface area contributed by atoms with Crippen LogP contribution in [0.25, 0.3) is 0 Å². The van der Waals surface area contributed by atoms with E-state index >= 15 is 0 Å². The van der Waals surface area contributed by atoms with Gasteiger partial charge < -0.3 is 30.3 Å². The van der Waals surface area contributed by atoms with Gasteiger partial charge in [-0.05, 0) is 64.8 Å². The van der Waals surface area contributed by atoms with E-state index in [9.17, 15) is 15.0 Å². The molecule has 7 rings (SSSR count). The number of aliphatic hydroxyl groups excluding tert-OH is 2. The lowest BCUT2D eigenvalue weighted by molar-refractivity contribution is -0.121. The number of Topliss-reactive ketones (excluding diaryl/α,β-unsaturated/α-hetero) is 1. The van der Waals surface area contributed by atoms with Crippen molar-refractivity contribution in [1.29, 1.82) is 0 Å². The molecular weight excluding hydrogens is 689 g/mol. The van der Waals surface area contributed by atoms with Gasteiger partial charge in [-0.1, -0.05) is 98.5 Å². The Hall–Kier alpha value is -5.16. The van der Waals surface area contributed by atoms with Crippen molar-refractivity contribution in [1.82, 2.24) is 10.2 Å². The molecule has 9 nitrogen and oxygen atoms in total. The molecule has 0 saturated heterocycles. The SMILES string of the molecule is CCCCC[C@@H](O)CC(=O)CCc1ccc2c(c1)O[C@H]1[C@H](C#C[C@@H](O)c3ccc([C@H](N)NCCc4ccccc4)cc3CC3=CN=C4CN1C=C34)CC#CO2. The Morgan fingerprint density at radius 1 is 1.05 bits per heavy atom. The number of ether oxygens (including phenoxy) is 2. The van der Waals surface area contributed by atoms with Crippen LogP contribution in [0.5, 0.6) is 11.5 Å². The number of aliphatic hydroxyl groups is 2.